The van der Waals surface area contributed by atoms with Crippen LogP contribution in [0.2, 0.25) is 0 Å². The molecule has 0 aromatic heterocycles. The van der Waals surface area contributed by atoms with E-state index in [-0.39, 0.29) is 0 Å². The molecular formula is CBF3-. The van der Waals surface area contributed by atoms with Crippen LogP contribution in [0.3, 0.4) is 0 Å². The van der Waals surface area contributed by atoms with Crippen LogP contribution in [0, 0.1) is 0 Å². The maximum absolute atomic E-state index is 10.1. The van der Waals surface area contributed by atoms with Gasteiger partial charge in [-0.2, -0.15) is 0 Å². The van der Waals surface area contributed by atoms with Gasteiger partial charge in [-0.15, -0.1) is 0 Å². The molecule has 0 saturated heterocycles. The summed E-state index contributed by atoms with van der Waals surface area (Å²) in [6.07, 6.45) is -4.50. The number of rotatable bonds is 0. The largest absolute Gasteiger partial charge is 0.475 e. The van der Waals surface area contributed by atoms with Gasteiger partial charge in [-0.1, -0.05) is 0 Å². The highest BCUT2D eigenvalue weighted by atomic mass is 19.4. The fourth-order valence-corrected chi connectivity index (χ4v) is 0. The van der Waals surface area contributed by atoms with Crippen molar-refractivity contribution >= 4 is 7.85 Å². The molecule has 0 unspecified atom stereocenters. The number of hydrogen-bond donors (Lipinski definition) is 0. The summed E-state index contributed by atoms with van der Waals surface area (Å²) >= 11 is 0. The topological polar surface area (TPSA) is 0 Å². The molecule has 0 aromatic rings. The lowest BCUT2D eigenvalue weighted by Crippen LogP contribution is -2.03. The van der Waals surface area contributed by atoms with Crippen molar-refractivity contribution in [2.45, 2.75) is 6.08 Å². The first-order valence-electron chi connectivity index (χ1n) is 0.856. The second kappa shape index (κ2) is 0.917. The molecule has 0 amide bonds. The summed E-state index contributed by atoms with van der Waals surface area (Å²) in [4.78, 5) is 0. The molecule has 0 N–H and O–H groups in total. The van der Waals surface area contributed by atoms with Crippen molar-refractivity contribution in [1.82, 2.24) is 0 Å². The van der Waals surface area contributed by atoms with Crippen LogP contribution in [0.15, 0.2) is 0 Å². The predicted molar refractivity (Wildman–Crippen MR) is 11.8 cm³/mol. The minimum atomic E-state index is -4.50. The molecule has 0 atom stereocenters. The molecule has 0 aliphatic heterocycles. The maximum atomic E-state index is 10.1. The second-order valence-corrected chi connectivity index (χ2v) is 0.542. The van der Waals surface area contributed by atoms with Gasteiger partial charge in [0.25, 0.3) is 0 Å². The molecular weight excluding hydrogens is 79.8 g/mol. The molecule has 0 bridgehead atoms. The lowest BCUT2D eigenvalue weighted by molar-refractivity contribution is -0.0429. The van der Waals surface area contributed by atoms with Crippen LogP contribution in [0.4, 0.5) is 13.2 Å². The Balaban J connectivity index is 3.02. The Morgan fingerprint density at radius 1 is 1.20 bits per heavy atom. The number of halogens is 3. The fourth-order valence-electron chi connectivity index (χ4n) is 0. The van der Waals surface area contributed by atoms with Crippen molar-refractivity contribution in [2.24, 2.45) is 0 Å². The van der Waals surface area contributed by atoms with E-state index >= 15 is 0 Å². The first-order chi connectivity index (χ1) is 2.00. The summed E-state index contributed by atoms with van der Waals surface area (Å²) < 4.78 is 30.4. The predicted octanol–water partition coefficient (Wildman–Crippen LogP) is 0.675. The quantitative estimate of drug-likeness (QED) is 0.375. The van der Waals surface area contributed by atoms with E-state index in [0.29, 0.717) is 0 Å². The minimum absolute atomic E-state index is 3.35. The van der Waals surface area contributed by atoms with E-state index in [4.69, 9.17) is 0 Å². The van der Waals surface area contributed by atoms with Gasteiger partial charge in [0.1, 0.15) is 0 Å². The minimum Gasteiger partial charge on any atom is -0.475 e. The van der Waals surface area contributed by atoms with Crippen molar-refractivity contribution in [1.29, 1.82) is 0 Å². The van der Waals surface area contributed by atoms with Crippen LogP contribution in [0.25, 0.3) is 0 Å². The van der Waals surface area contributed by atoms with Gasteiger partial charge in [0.15, 0.2) is 6.08 Å². The van der Waals surface area contributed by atoms with E-state index < -0.39 is 6.08 Å². The van der Waals surface area contributed by atoms with Gasteiger partial charge in [0, 0.05) is 0 Å². The van der Waals surface area contributed by atoms with E-state index in [0.717, 1.165) is 0 Å². The zero-order valence-corrected chi connectivity index (χ0v) is 2.21. The highest BCUT2D eigenvalue weighted by Crippen LogP contribution is 2.05. The van der Waals surface area contributed by atoms with Gasteiger partial charge in [-0.3, -0.25) is 0 Å². The van der Waals surface area contributed by atoms with Crippen molar-refractivity contribution in [3.05, 3.63) is 0 Å². The standard InChI is InChI=1S/CBF3/c2-1(3,4)5/q-1. The molecule has 0 aromatic carbocycles. The van der Waals surface area contributed by atoms with E-state index in [1.165, 1.54) is 0 Å². The van der Waals surface area contributed by atoms with Gasteiger partial charge in [-0.05, 0) is 0 Å². The van der Waals surface area contributed by atoms with E-state index in [2.05, 4.69) is 7.85 Å². The number of alkyl halides is 3. The third kappa shape index (κ3) is 630. The Kier molecular flexibility index (Phi) is 0.890. The zero-order valence-electron chi connectivity index (χ0n) is 2.21. The van der Waals surface area contributed by atoms with Crippen LogP contribution in [-0.4, -0.2) is 13.9 Å². The van der Waals surface area contributed by atoms with E-state index in [1.807, 2.05) is 0 Å². The van der Waals surface area contributed by atoms with Crippen molar-refractivity contribution in [3.8, 4) is 0 Å². The molecule has 0 aliphatic carbocycles. The molecule has 29 valence electrons. The highest BCUT2D eigenvalue weighted by Gasteiger charge is 1.95. The average Bonchev–Trinajstić information content (AvgIpc) is 0.722. The summed E-state index contributed by atoms with van der Waals surface area (Å²) in [6.45, 7) is 0. The molecule has 0 heterocycles. The fraction of sp³-hybridized carbons (Fsp3) is 1.00. The molecule has 0 fully saturated rings. The van der Waals surface area contributed by atoms with Crippen LogP contribution >= 0.6 is 0 Å². The summed E-state index contributed by atoms with van der Waals surface area (Å²) in [7, 11) is 3.35. The summed E-state index contributed by atoms with van der Waals surface area (Å²) in [6, 6.07) is 0. The molecule has 0 aliphatic rings. The Morgan fingerprint density at radius 3 is 1.20 bits per heavy atom. The van der Waals surface area contributed by atoms with Crippen molar-refractivity contribution < 1.29 is 13.2 Å². The monoisotopic (exact) mass is 80.0 g/mol. The van der Waals surface area contributed by atoms with E-state index in [9.17, 15) is 13.2 Å². The van der Waals surface area contributed by atoms with Gasteiger partial charge in [0.2, 0.25) is 0 Å². The third-order valence-electron chi connectivity index (χ3n) is 0. The Morgan fingerprint density at radius 2 is 1.20 bits per heavy atom. The lowest BCUT2D eigenvalue weighted by Gasteiger charge is -2.08. The second-order valence-electron chi connectivity index (χ2n) is 0.542. The number of hydrogen-bond acceptors (Lipinski definition) is 0. The van der Waals surface area contributed by atoms with E-state index in [1.54, 1.807) is 0 Å². The van der Waals surface area contributed by atoms with Crippen LogP contribution in [0.5, 0.6) is 0 Å². The molecule has 0 rings (SSSR count). The lowest BCUT2D eigenvalue weighted by atomic mass is 10.2. The van der Waals surface area contributed by atoms with Crippen molar-refractivity contribution in [2.75, 3.05) is 0 Å². The van der Waals surface area contributed by atoms with Gasteiger partial charge in [0.05, 0.1) is 0 Å². The maximum Gasteiger partial charge on any atom is 0.155 e. The zero-order chi connectivity index (χ0) is 4.50. The Labute approximate surface area is 28.4 Å². The molecule has 0 saturated carbocycles. The average molecular weight is 79.8 g/mol. The molecule has 4 heteroatoms. The normalized spacial score (nSPS) is 12.0. The van der Waals surface area contributed by atoms with Crippen LogP contribution in [-0.2, 0) is 0 Å². The molecule has 3 radical (unpaired) electrons. The molecule has 0 nitrogen and oxygen atoms in total. The van der Waals surface area contributed by atoms with Crippen LogP contribution in [0.1, 0.15) is 0 Å². The smallest absolute Gasteiger partial charge is 0.155 e. The van der Waals surface area contributed by atoms with Gasteiger partial charge >= 0.3 is 0 Å². The first-order valence-corrected chi connectivity index (χ1v) is 0.856. The summed E-state index contributed by atoms with van der Waals surface area (Å²) in [5, 5.41) is 0. The molecule has 0 spiro atoms. The Hall–Kier alpha value is -0.145. The van der Waals surface area contributed by atoms with Crippen molar-refractivity contribution in [3.63, 3.8) is 0 Å². The van der Waals surface area contributed by atoms with Gasteiger partial charge < -0.3 is 7.85 Å². The Bertz CT molecular complexity index is 22.4. The first kappa shape index (κ1) is 4.85. The summed E-state index contributed by atoms with van der Waals surface area (Å²) in [5.74, 6) is 0. The SMILES string of the molecule is [B-]C(F)(F)F. The van der Waals surface area contributed by atoms with Crippen LogP contribution < -0.4 is 0 Å². The molecule has 5 heavy (non-hydrogen) atoms. The highest BCUT2D eigenvalue weighted by molar-refractivity contribution is 6.11. The summed E-state index contributed by atoms with van der Waals surface area (Å²) in [5.41, 5.74) is 0. The van der Waals surface area contributed by atoms with Gasteiger partial charge in [-0.25, -0.2) is 13.2 Å². The third-order valence-corrected chi connectivity index (χ3v) is 0.